The van der Waals surface area contributed by atoms with E-state index in [1.165, 1.54) is 32.7 Å². The molecule has 5 aromatic rings. The Balaban J connectivity index is 1.41. The number of nitrogens with one attached hydrogen (secondary N) is 1. The van der Waals surface area contributed by atoms with Crippen molar-refractivity contribution in [1.29, 1.82) is 0 Å². The van der Waals surface area contributed by atoms with E-state index in [1.807, 2.05) is 12.1 Å². The van der Waals surface area contributed by atoms with Crippen molar-refractivity contribution in [2.45, 2.75) is 19.8 Å². The molecule has 0 fully saturated rings. The summed E-state index contributed by atoms with van der Waals surface area (Å²) in [6.07, 6.45) is 0. The molecule has 4 nitrogen and oxygen atoms in total. The minimum absolute atomic E-state index is 0.0101. The third kappa shape index (κ3) is 6.25. The lowest BCUT2D eigenvalue weighted by Crippen LogP contribution is -2.33. The summed E-state index contributed by atoms with van der Waals surface area (Å²) in [5, 5.41) is 18.4. The SMILES string of the molecule is CCN(CC)CCNCCOc1ccc(C(c2ccc(O)cc2)c2cc3ccccc3c3ccccc23)cc1. The topological polar surface area (TPSA) is 44.7 Å². The Hall–Kier alpha value is -3.86. The summed E-state index contributed by atoms with van der Waals surface area (Å²) < 4.78 is 6.05. The largest absolute Gasteiger partial charge is 0.508 e. The molecule has 0 heterocycles. The molecule has 0 amide bonds. The molecule has 5 rings (SSSR count). The van der Waals surface area contributed by atoms with Gasteiger partial charge in [-0.25, -0.2) is 0 Å². The molecule has 0 aromatic heterocycles. The number of phenols is 1. The van der Waals surface area contributed by atoms with Crippen LogP contribution in [0.15, 0.2) is 103 Å². The zero-order valence-electron chi connectivity index (χ0n) is 22.9. The summed E-state index contributed by atoms with van der Waals surface area (Å²) in [6, 6.07) is 35.6. The van der Waals surface area contributed by atoms with Gasteiger partial charge in [0.05, 0.1) is 0 Å². The molecule has 2 N–H and O–H groups in total. The number of benzene rings is 5. The molecule has 5 aromatic carbocycles. The van der Waals surface area contributed by atoms with Gasteiger partial charge in [-0.1, -0.05) is 86.6 Å². The Morgan fingerprint density at radius 3 is 2.03 bits per heavy atom. The third-order valence-corrected chi connectivity index (χ3v) is 7.60. The van der Waals surface area contributed by atoms with E-state index >= 15 is 0 Å². The Morgan fingerprint density at radius 2 is 1.33 bits per heavy atom. The van der Waals surface area contributed by atoms with Crippen LogP contribution in [0.3, 0.4) is 0 Å². The van der Waals surface area contributed by atoms with Crippen LogP contribution < -0.4 is 10.1 Å². The standard InChI is InChI=1S/C35H38N2O2/c1-3-37(4-2)23-21-36-22-24-39-30-19-15-27(16-20-30)35(26-13-17-29(38)18-14-26)34-25-28-9-5-6-10-31(28)32-11-7-8-12-33(32)34/h5-20,25,35-36,38H,3-4,21-24H2,1-2H3. The van der Waals surface area contributed by atoms with Gasteiger partial charge in [-0.2, -0.15) is 0 Å². The molecule has 0 aliphatic rings. The van der Waals surface area contributed by atoms with Crippen LogP contribution in [0.25, 0.3) is 21.5 Å². The summed E-state index contributed by atoms with van der Waals surface area (Å²) >= 11 is 0. The Morgan fingerprint density at radius 1 is 0.718 bits per heavy atom. The van der Waals surface area contributed by atoms with E-state index in [4.69, 9.17) is 4.74 Å². The Kier molecular flexibility index (Phi) is 8.77. The minimum atomic E-state index is 0.0101. The quantitative estimate of drug-likeness (QED) is 0.104. The highest BCUT2D eigenvalue weighted by atomic mass is 16.5. The molecule has 0 radical (unpaired) electrons. The molecule has 39 heavy (non-hydrogen) atoms. The van der Waals surface area contributed by atoms with E-state index in [9.17, 15) is 5.11 Å². The summed E-state index contributed by atoms with van der Waals surface area (Å²) in [5.74, 6) is 1.16. The van der Waals surface area contributed by atoms with E-state index < -0.39 is 0 Å². The van der Waals surface area contributed by atoms with Gasteiger partial charge in [-0.3, -0.25) is 0 Å². The second kappa shape index (κ2) is 12.8. The van der Waals surface area contributed by atoms with Crippen molar-refractivity contribution in [1.82, 2.24) is 10.2 Å². The molecule has 0 saturated heterocycles. The number of nitrogens with zero attached hydrogens (tertiary/aromatic N) is 1. The van der Waals surface area contributed by atoms with Crippen molar-refractivity contribution in [3.63, 3.8) is 0 Å². The fourth-order valence-corrected chi connectivity index (χ4v) is 5.44. The van der Waals surface area contributed by atoms with Crippen molar-refractivity contribution in [3.8, 4) is 11.5 Å². The number of hydrogen-bond donors (Lipinski definition) is 2. The smallest absolute Gasteiger partial charge is 0.119 e. The fourth-order valence-electron chi connectivity index (χ4n) is 5.44. The molecule has 0 aliphatic heterocycles. The van der Waals surface area contributed by atoms with Gasteiger partial charge in [0.25, 0.3) is 0 Å². The summed E-state index contributed by atoms with van der Waals surface area (Å²) in [6.45, 7) is 10.1. The number of likely N-dealkylation sites (N-methyl/N-ethyl adjacent to an activating group) is 1. The molecule has 0 bridgehead atoms. The van der Waals surface area contributed by atoms with Crippen LogP contribution in [0.2, 0.25) is 0 Å². The first kappa shape index (κ1) is 26.7. The minimum Gasteiger partial charge on any atom is -0.508 e. The van der Waals surface area contributed by atoms with E-state index in [-0.39, 0.29) is 11.7 Å². The molecule has 1 atom stereocenters. The van der Waals surface area contributed by atoms with Crippen molar-refractivity contribution < 1.29 is 9.84 Å². The fraction of sp³-hybridized carbons (Fsp3) is 0.257. The van der Waals surface area contributed by atoms with Gasteiger partial charge in [-0.05, 0) is 81.7 Å². The summed E-state index contributed by atoms with van der Waals surface area (Å²) in [4.78, 5) is 2.41. The summed E-state index contributed by atoms with van der Waals surface area (Å²) in [7, 11) is 0. The van der Waals surface area contributed by atoms with E-state index in [2.05, 4.69) is 103 Å². The highest BCUT2D eigenvalue weighted by Crippen LogP contribution is 2.40. The average molecular weight is 519 g/mol. The first-order chi connectivity index (χ1) is 19.2. The highest BCUT2D eigenvalue weighted by Gasteiger charge is 2.21. The molecular weight excluding hydrogens is 480 g/mol. The Bertz CT molecular complexity index is 1490. The van der Waals surface area contributed by atoms with Crippen LogP contribution in [0.1, 0.15) is 36.5 Å². The van der Waals surface area contributed by atoms with Crippen LogP contribution in [-0.2, 0) is 0 Å². The number of aromatic hydroxyl groups is 1. The third-order valence-electron chi connectivity index (χ3n) is 7.60. The molecule has 0 spiro atoms. The second-order valence-corrected chi connectivity index (χ2v) is 9.95. The molecular formula is C35H38N2O2. The maximum Gasteiger partial charge on any atom is 0.119 e. The number of hydrogen-bond acceptors (Lipinski definition) is 4. The zero-order valence-corrected chi connectivity index (χ0v) is 22.9. The summed E-state index contributed by atoms with van der Waals surface area (Å²) in [5.41, 5.74) is 3.58. The van der Waals surface area contributed by atoms with Crippen molar-refractivity contribution in [2.24, 2.45) is 0 Å². The molecule has 200 valence electrons. The molecule has 1 unspecified atom stereocenters. The van der Waals surface area contributed by atoms with Gasteiger partial charge in [0.1, 0.15) is 18.1 Å². The lowest BCUT2D eigenvalue weighted by molar-refractivity contribution is 0.285. The molecule has 4 heteroatoms. The van der Waals surface area contributed by atoms with Crippen molar-refractivity contribution in [3.05, 3.63) is 120 Å². The maximum absolute atomic E-state index is 9.99. The average Bonchev–Trinajstić information content (AvgIpc) is 2.99. The van der Waals surface area contributed by atoms with E-state index in [0.29, 0.717) is 6.61 Å². The highest BCUT2D eigenvalue weighted by molar-refractivity contribution is 6.09. The monoisotopic (exact) mass is 518 g/mol. The first-order valence-corrected chi connectivity index (χ1v) is 14.0. The zero-order chi connectivity index (χ0) is 27.0. The predicted molar refractivity (Wildman–Crippen MR) is 163 cm³/mol. The van der Waals surface area contributed by atoms with Crippen LogP contribution in [0.5, 0.6) is 11.5 Å². The second-order valence-electron chi connectivity index (χ2n) is 9.95. The van der Waals surface area contributed by atoms with Crippen LogP contribution >= 0.6 is 0 Å². The normalized spacial score (nSPS) is 12.3. The number of rotatable bonds is 12. The number of phenolic OH excluding ortho intramolecular Hbond substituents is 1. The number of fused-ring (bicyclic) bond motifs is 3. The van der Waals surface area contributed by atoms with Gasteiger partial charge < -0.3 is 20.1 Å². The molecule has 0 aliphatic carbocycles. The van der Waals surface area contributed by atoms with Crippen LogP contribution in [0, 0.1) is 0 Å². The first-order valence-electron chi connectivity index (χ1n) is 14.0. The maximum atomic E-state index is 9.99. The van der Waals surface area contributed by atoms with Gasteiger partial charge in [0, 0.05) is 25.6 Å². The van der Waals surface area contributed by atoms with Gasteiger partial charge in [-0.15, -0.1) is 0 Å². The van der Waals surface area contributed by atoms with E-state index in [1.54, 1.807) is 12.1 Å². The van der Waals surface area contributed by atoms with Gasteiger partial charge >= 0.3 is 0 Å². The molecule has 0 saturated carbocycles. The lowest BCUT2D eigenvalue weighted by Gasteiger charge is -2.22. The Labute approximate surface area is 231 Å². The lowest BCUT2D eigenvalue weighted by atomic mass is 9.81. The van der Waals surface area contributed by atoms with E-state index in [0.717, 1.165) is 44.0 Å². The van der Waals surface area contributed by atoms with Gasteiger partial charge in [0.15, 0.2) is 0 Å². The van der Waals surface area contributed by atoms with Crippen molar-refractivity contribution in [2.75, 3.05) is 39.3 Å². The predicted octanol–water partition coefficient (Wildman–Crippen LogP) is 7.19. The van der Waals surface area contributed by atoms with Crippen LogP contribution in [-0.4, -0.2) is 49.3 Å². The number of ether oxygens (including phenoxy) is 1. The van der Waals surface area contributed by atoms with Gasteiger partial charge in [0.2, 0.25) is 0 Å². The van der Waals surface area contributed by atoms with Crippen molar-refractivity contribution >= 4 is 21.5 Å². The van der Waals surface area contributed by atoms with Crippen LogP contribution in [0.4, 0.5) is 0 Å².